The maximum absolute atomic E-state index is 11.6. The number of amides is 1. The third-order valence-corrected chi connectivity index (χ3v) is 4.06. The molecular formula is C18H30N6O. The van der Waals surface area contributed by atoms with Crippen LogP contribution in [0.25, 0.3) is 0 Å². The van der Waals surface area contributed by atoms with E-state index in [4.69, 9.17) is 0 Å². The molecular weight excluding hydrogens is 316 g/mol. The molecule has 1 aromatic heterocycles. The van der Waals surface area contributed by atoms with Crippen LogP contribution in [-0.4, -0.2) is 62.0 Å². The number of guanidine groups is 1. The summed E-state index contributed by atoms with van der Waals surface area (Å²) in [6, 6.07) is 5.97. The zero-order valence-electron chi connectivity index (χ0n) is 15.6. The van der Waals surface area contributed by atoms with Crippen molar-refractivity contribution >= 4 is 17.7 Å². The van der Waals surface area contributed by atoms with E-state index in [1.165, 1.54) is 0 Å². The second kappa shape index (κ2) is 9.86. The highest BCUT2D eigenvalue weighted by Crippen LogP contribution is 2.09. The molecule has 2 rings (SSSR count). The van der Waals surface area contributed by atoms with Gasteiger partial charge in [-0.3, -0.25) is 4.79 Å². The number of nitrogens with zero attached hydrogens (tertiary/aromatic N) is 4. The van der Waals surface area contributed by atoms with E-state index in [2.05, 4.69) is 20.6 Å². The molecule has 1 saturated heterocycles. The van der Waals surface area contributed by atoms with Gasteiger partial charge < -0.3 is 20.4 Å². The lowest BCUT2D eigenvalue weighted by molar-refractivity contribution is -0.127. The molecule has 7 nitrogen and oxygen atoms in total. The number of hydrogen-bond donors (Lipinski definition) is 2. The van der Waals surface area contributed by atoms with Crippen molar-refractivity contribution in [1.29, 1.82) is 0 Å². The summed E-state index contributed by atoms with van der Waals surface area (Å²) in [6.07, 6.45) is 2.62. The molecule has 0 aliphatic carbocycles. The summed E-state index contributed by atoms with van der Waals surface area (Å²) in [7, 11) is 3.96. The quantitative estimate of drug-likeness (QED) is 0.421. The zero-order chi connectivity index (χ0) is 18.1. The number of aromatic nitrogens is 1. The average molecular weight is 346 g/mol. The van der Waals surface area contributed by atoms with E-state index in [1.807, 2.05) is 49.0 Å². The van der Waals surface area contributed by atoms with Crippen LogP contribution in [0.1, 0.15) is 31.9 Å². The molecule has 2 N–H and O–H groups in total. The summed E-state index contributed by atoms with van der Waals surface area (Å²) in [5.74, 6) is 2.00. The fourth-order valence-electron chi connectivity index (χ4n) is 2.72. The van der Waals surface area contributed by atoms with Crippen LogP contribution in [0.5, 0.6) is 0 Å². The van der Waals surface area contributed by atoms with Gasteiger partial charge in [0.05, 0.1) is 12.2 Å². The molecule has 0 spiro atoms. The summed E-state index contributed by atoms with van der Waals surface area (Å²) in [6.45, 7) is 5.90. The highest BCUT2D eigenvalue weighted by Gasteiger charge is 2.18. The van der Waals surface area contributed by atoms with Gasteiger partial charge >= 0.3 is 0 Å². The third kappa shape index (κ3) is 6.25. The van der Waals surface area contributed by atoms with E-state index in [9.17, 15) is 4.79 Å². The van der Waals surface area contributed by atoms with Crippen LogP contribution in [0, 0.1) is 0 Å². The molecule has 0 radical (unpaired) electrons. The van der Waals surface area contributed by atoms with Gasteiger partial charge in [0.25, 0.3) is 0 Å². The number of aliphatic imine (C=N–C) groups is 1. The average Bonchev–Trinajstić information content (AvgIpc) is 3.01. The van der Waals surface area contributed by atoms with E-state index in [1.54, 1.807) is 0 Å². The number of anilines is 1. The highest BCUT2D eigenvalue weighted by atomic mass is 16.2. The SMILES string of the molecule is CCNC(=NCc1cccc(N(C)C)n1)NCCCN1CCCC1=O. The first-order valence-corrected chi connectivity index (χ1v) is 9.03. The minimum atomic E-state index is 0.285. The van der Waals surface area contributed by atoms with E-state index < -0.39 is 0 Å². The molecule has 0 saturated carbocycles. The number of likely N-dealkylation sites (tertiary alicyclic amines) is 1. The van der Waals surface area contributed by atoms with E-state index >= 15 is 0 Å². The Hall–Kier alpha value is -2.31. The van der Waals surface area contributed by atoms with Crippen LogP contribution in [-0.2, 0) is 11.3 Å². The van der Waals surface area contributed by atoms with Crippen molar-refractivity contribution in [1.82, 2.24) is 20.5 Å². The molecule has 1 aliphatic rings. The molecule has 1 fully saturated rings. The molecule has 0 atom stereocenters. The van der Waals surface area contributed by atoms with Crippen LogP contribution in [0.3, 0.4) is 0 Å². The molecule has 1 amide bonds. The summed E-state index contributed by atoms with van der Waals surface area (Å²) >= 11 is 0. The lowest BCUT2D eigenvalue weighted by atomic mass is 10.3. The maximum Gasteiger partial charge on any atom is 0.222 e. The molecule has 7 heteroatoms. The van der Waals surface area contributed by atoms with Crippen LogP contribution >= 0.6 is 0 Å². The Morgan fingerprint density at radius 2 is 2.20 bits per heavy atom. The molecule has 138 valence electrons. The summed E-state index contributed by atoms with van der Waals surface area (Å²) < 4.78 is 0. The molecule has 0 aromatic carbocycles. The fourth-order valence-corrected chi connectivity index (χ4v) is 2.72. The first-order valence-electron chi connectivity index (χ1n) is 9.03. The number of carbonyl (C=O) groups excluding carboxylic acids is 1. The number of carbonyl (C=O) groups is 1. The van der Waals surface area contributed by atoms with E-state index in [0.717, 1.165) is 56.5 Å². The molecule has 0 unspecified atom stereocenters. The third-order valence-electron chi connectivity index (χ3n) is 4.06. The lowest BCUT2D eigenvalue weighted by Crippen LogP contribution is -2.39. The smallest absolute Gasteiger partial charge is 0.222 e. The summed E-state index contributed by atoms with van der Waals surface area (Å²) in [5, 5.41) is 6.58. The lowest BCUT2D eigenvalue weighted by Gasteiger charge is -2.16. The van der Waals surface area contributed by atoms with Gasteiger partial charge in [0.1, 0.15) is 5.82 Å². The van der Waals surface area contributed by atoms with Crippen LogP contribution in [0.4, 0.5) is 5.82 Å². The Kier molecular flexibility index (Phi) is 7.50. The van der Waals surface area contributed by atoms with Crippen LogP contribution in [0.15, 0.2) is 23.2 Å². The molecule has 0 bridgehead atoms. The van der Waals surface area contributed by atoms with Gasteiger partial charge in [-0.2, -0.15) is 0 Å². The topological polar surface area (TPSA) is 72.9 Å². The Balaban J connectivity index is 1.81. The van der Waals surface area contributed by atoms with Crippen molar-refractivity contribution in [3.05, 3.63) is 23.9 Å². The first kappa shape index (κ1) is 19.0. The van der Waals surface area contributed by atoms with E-state index in [0.29, 0.717) is 13.0 Å². The van der Waals surface area contributed by atoms with Crippen molar-refractivity contribution in [3.63, 3.8) is 0 Å². The van der Waals surface area contributed by atoms with Gasteiger partial charge in [-0.15, -0.1) is 0 Å². The molecule has 25 heavy (non-hydrogen) atoms. The second-order valence-corrected chi connectivity index (χ2v) is 6.34. The van der Waals surface area contributed by atoms with Gasteiger partial charge in [-0.25, -0.2) is 9.98 Å². The summed E-state index contributed by atoms with van der Waals surface area (Å²) in [4.78, 5) is 24.7. The van der Waals surface area contributed by atoms with Crippen molar-refractivity contribution < 1.29 is 4.79 Å². The number of pyridine rings is 1. The number of nitrogens with one attached hydrogen (secondary N) is 2. The molecule has 1 aromatic rings. The van der Waals surface area contributed by atoms with Gasteiger partial charge in [-0.1, -0.05) is 6.07 Å². The minimum absolute atomic E-state index is 0.285. The Bertz CT molecular complexity index is 587. The predicted molar refractivity (Wildman–Crippen MR) is 102 cm³/mol. The molecule has 1 aliphatic heterocycles. The normalized spacial score (nSPS) is 14.8. The minimum Gasteiger partial charge on any atom is -0.363 e. The van der Waals surface area contributed by atoms with Crippen molar-refractivity contribution in [2.75, 3.05) is 45.2 Å². The van der Waals surface area contributed by atoms with Crippen LogP contribution < -0.4 is 15.5 Å². The maximum atomic E-state index is 11.6. The zero-order valence-corrected chi connectivity index (χ0v) is 15.6. The second-order valence-electron chi connectivity index (χ2n) is 6.34. The summed E-state index contributed by atoms with van der Waals surface area (Å²) in [5.41, 5.74) is 0.936. The monoisotopic (exact) mass is 346 g/mol. The van der Waals surface area contributed by atoms with E-state index in [-0.39, 0.29) is 5.91 Å². The predicted octanol–water partition coefficient (Wildman–Crippen LogP) is 1.22. The standard InChI is InChI=1S/C18H30N6O/c1-4-19-18(20-11-7-13-24-12-6-10-17(24)25)21-14-15-8-5-9-16(22-15)23(2)3/h5,8-9H,4,6-7,10-14H2,1-3H3,(H2,19,20,21). The fraction of sp³-hybridized carbons (Fsp3) is 0.611. The van der Waals surface area contributed by atoms with Gasteiger partial charge in [0, 0.05) is 46.7 Å². The van der Waals surface area contributed by atoms with Gasteiger partial charge in [0.2, 0.25) is 5.91 Å². The Morgan fingerprint density at radius 1 is 1.36 bits per heavy atom. The van der Waals surface area contributed by atoms with Gasteiger partial charge in [-0.05, 0) is 31.9 Å². The van der Waals surface area contributed by atoms with Crippen LogP contribution in [0.2, 0.25) is 0 Å². The number of hydrogen-bond acceptors (Lipinski definition) is 4. The van der Waals surface area contributed by atoms with Gasteiger partial charge in [0.15, 0.2) is 5.96 Å². The van der Waals surface area contributed by atoms with Crippen molar-refractivity contribution in [2.24, 2.45) is 4.99 Å². The Labute approximate surface area is 150 Å². The van der Waals surface area contributed by atoms with Crippen molar-refractivity contribution in [3.8, 4) is 0 Å². The van der Waals surface area contributed by atoms with Crippen molar-refractivity contribution in [2.45, 2.75) is 32.7 Å². The Morgan fingerprint density at radius 3 is 2.88 bits per heavy atom. The first-order chi connectivity index (χ1) is 12.1. The largest absolute Gasteiger partial charge is 0.363 e. The number of rotatable bonds is 8. The molecule has 2 heterocycles. The highest BCUT2D eigenvalue weighted by molar-refractivity contribution is 5.79.